The molecule has 2 aromatic carbocycles. The Hall–Kier alpha value is -2.94. The first-order valence-electron chi connectivity index (χ1n) is 11.0. The van der Waals surface area contributed by atoms with Crippen LogP contribution < -0.4 is 5.32 Å². The third kappa shape index (κ3) is 7.03. The summed E-state index contributed by atoms with van der Waals surface area (Å²) in [7, 11) is 0. The van der Waals surface area contributed by atoms with Gasteiger partial charge in [0, 0.05) is 18.3 Å². The number of benzene rings is 2. The van der Waals surface area contributed by atoms with Crippen LogP contribution in [0.25, 0.3) is 10.8 Å². The molecule has 1 heterocycles. The molecule has 0 aliphatic rings. The molecule has 0 bridgehead atoms. The van der Waals surface area contributed by atoms with Crippen LogP contribution in [0.1, 0.15) is 43.6 Å². The molecule has 3 aromatic rings. The average Bonchev–Trinajstić information content (AvgIpc) is 2.82. The molecule has 180 valence electrons. The first kappa shape index (κ1) is 25.7. The van der Waals surface area contributed by atoms with E-state index in [9.17, 15) is 9.90 Å². The molecular weight excluding hydrogens is 450 g/mol. The number of aliphatic hydroxyl groups is 1. The minimum Gasteiger partial charge on any atom is -0.430 e. The lowest BCUT2D eigenvalue weighted by atomic mass is 9.94. The number of hydrogen-bond donors (Lipinski definition) is 2. The maximum absolute atomic E-state index is 11.7. The summed E-state index contributed by atoms with van der Waals surface area (Å²) in [5, 5.41) is 16.4. The number of rotatable bonds is 9. The van der Waals surface area contributed by atoms with Crippen molar-refractivity contribution >= 4 is 28.7 Å². The monoisotopic (exact) mass is 481 g/mol. The smallest absolute Gasteiger partial charge is 0.430 e. The van der Waals surface area contributed by atoms with Crippen LogP contribution in [0, 0.1) is 0 Å². The van der Waals surface area contributed by atoms with Gasteiger partial charge in [-0.05, 0) is 49.4 Å². The molecule has 7 nitrogen and oxygen atoms in total. The number of carbonyl (C=O) groups excluding carboxylic acids is 1. The van der Waals surface area contributed by atoms with Gasteiger partial charge >= 0.3 is 6.16 Å². The Bertz CT molecular complexity index is 1140. The number of carbonyl (C=O) groups is 1. The second kappa shape index (κ2) is 12.0. The van der Waals surface area contributed by atoms with Gasteiger partial charge in [0.05, 0.1) is 18.3 Å². The van der Waals surface area contributed by atoms with E-state index >= 15 is 0 Å². The summed E-state index contributed by atoms with van der Waals surface area (Å²) in [6.07, 6.45) is 6.55. The minimum atomic E-state index is -0.697. The van der Waals surface area contributed by atoms with Crippen LogP contribution in [0.2, 0.25) is 0 Å². The average molecular weight is 482 g/mol. The Kier molecular flexibility index (Phi) is 9.04. The maximum atomic E-state index is 11.7. The standard InChI is InChI=1S/C26H31N3O4S/c1-26(2,3)33-25(31)32-15-8-7-14-27-23(22-19(17-30)16-28-24(29-22)34-4)21-13-9-11-18-10-5-6-12-20(18)21/h5-13,16,23,27,30H,14-15,17H2,1-4H3/b8-7+. The van der Waals surface area contributed by atoms with Crippen LogP contribution in [0.15, 0.2) is 66.0 Å². The molecular formula is C26H31N3O4S. The third-order valence-corrected chi connectivity index (χ3v) is 5.49. The van der Waals surface area contributed by atoms with Crippen molar-refractivity contribution in [3.63, 3.8) is 0 Å². The molecule has 1 unspecified atom stereocenters. The van der Waals surface area contributed by atoms with Crippen LogP contribution in [-0.4, -0.2) is 46.2 Å². The van der Waals surface area contributed by atoms with E-state index in [4.69, 9.17) is 14.5 Å². The molecule has 8 heteroatoms. The van der Waals surface area contributed by atoms with E-state index in [0.717, 1.165) is 22.0 Å². The summed E-state index contributed by atoms with van der Waals surface area (Å²) < 4.78 is 10.2. The first-order valence-corrected chi connectivity index (χ1v) is 12.3. The lowest BCUT2D eigenvalue weighted by Crippen LogP contribution is -2.26. The summed E-state index contributed by atoms with van der Waals surface area (Å²) >= 11 is 1.45. The van der Waals surface area contributed by atoms with Crippen molar-refractivity contribution in [1.29, 1.82) is 0 Å². The van der Waals surface area contributed by atoms with Crippen LogP contribution in [-0.2, 0) is 16.1 Å². The molecule has 0 aliphatic heterocycles. The van der Waals surface area contributed by atoms with Gasteiger partial charge in [0.15, 0.2) is 5.16 Å². The van der Waals surface area contributed by atoms with Gasteiger partial charge in [-0.15, -0.1) is 0 Å². The molecule has 0 saturated heterocycles. The summed E-state index contributed by atoms with van der Waals surface area (Å²) in [5.41, 5.74) is 1.86. The van der Waals surface area contributed by atoms with Gasteiger partial charge in [-0.2, -0.15) is 0 Å². The number of hydrogen-bond acceptors (Lipinski definition) is 8. The highest BCUT2D eigenvalue weighted by atomic mass is 32.2. The van der Waals surface area contributed by atoms with E-state index < -0.39 is 11.8 Å². The van der Waals surface area contributed by atoms with Gasteiger partial charge in [-0.25, -0.2) is 14.8 Å². The second-order valence-electron chi connectivity index (χ2n) is 8.58. The highest BCUT2D eigenvalue weighted by Gasteiger charge is 2.21. The summed E-state index contributed by atoms with van der Waals surface area (Å²) in [4.78, 5) is 20.7. The number of nitrogens with one attached hydrogen (secondary N) is 1. The Morgan fingerprint density at radius 3 is 2.68 bits per heavy atom. The highest BCUT2D eigenvalue weighted by molar-refractivity contribution is 7.98. The van der Waals surface area contributed by atoms with Crippen molar-refractivity contribution in [2.24, 2.45) is 0 Å². The molecule has 0 fully saturated rings. The van der Waals surface area contributed by atoms with Crippen LogP contribution in [0.5, 0.6) is 0 Å². The van der Waals surface area contributed by atoms with Crippen molar-refractivity contribution in [3.05, 3.63) is 77.6 Å². The van der Waals surface area contributed by atoms with Crippen molar-refractivity contribution in [2.45, 2.75) is 44.2 Å². The largest absolute Gasteiger partial charge is 0.509 e. The van der Waals surface area contributed by atoms with Crippen molar-refractivity contribution < 1.29 is 19.4 Å². The fourth-order valence-corrected chi connectivity index (χ4v) is 3.81. The number of ether oxygens (including phenoxy) is 2. The summed E-state index contributed by atoms with van der Waals surface area (Å²) in [6, 6.07) is 14.1. The summed E-state index contributed by atoms with van der Waals surface area (Å²) in [5.74, 6) is 0. The Morgan fingerprint density at radius 1 is 1.18 bits per heavy atom. The number of aromatic nitrogens is 2. The van der Waals surface area contributed by atoms with E-state index in [0.29, 0.717) is 17.3 Å². The number of fused-ring (bicyclic) bond motifs is 1. The third-order valence-electron chi connectivity index (χ3n) is 4.93. The lowest BCUT2D eigenvalue weighted by molar-refractivity contribution is -0.00243. The van der Waals surface area contributed by atoms with Gasteiger partial charge < -0.3 is 19.9 Å². The van der Waals surface area contributed by atoms with Crippen molar-refractivity contribution in [1.82, 2.24) is 15.3 Å². The molecule has 0 saturated carbocycles. The number of aliphatic hydroxyl groups excluding tert-OH is 1. The zero-order chi connectivity index (χ0) is 24.6. The maximum Gasteiger partial charge on any atom is 0.509 e. The molecule has 1 aromatic heterocycles. The molecule has 0 radical (unpaired) electrons. The molecule has 0 amide bonds. The lowest BCUT2D eigenvalue weighted by Gasteiger charge is -2.22. The highest BCUT2D eigenvalue weighted by Crippen LogP contribution is 2.30. The van der Waals surface area contributed by atoms with Gasteiger partial charge in [0.25, 0.3) is 0 Å². The zero-order valence-electron chi connectivity index (χ0n) is 19.9. The van der Waals surface area contributed by atoms with Crippen LogP contribution >= 0.6 is 11.8 Å². The second-order valence-corrected chi connectivity index (χ2v) is 9.36. The number of nitrogens with zero attached hydrogens (tertiary/aromatic N) is 2. The quantitative estimate of drug-likeness (QED) is 0.190. The predicted molar refractivity (Wildman–Crippen MR) is 135 cm³/mol. The molecule has 0 aliphatic carbocycles. The van der Waals surface area contributed by atoms with Crippen LogP contribution in [0.3, 0.4) is 0 Å². The van der Waals surface area contributed by atoms with Gasteiger partial charge in [-0.3, -0.25) is 0 Å². The summed E-state index contributed by atoms with van der Waals surface area (Å²) in [6.45, 7) is 5.82. The normalized spacial score (nSPS) is 12.7. The molecule has 2 N–H and O–H groups in total. The van der Waals surface area contributed by atoms with Crippen molar-refractivity contribution in [2.75, 3.05) is 19.4 Å². The minimum absolute atomic E-state index is 0.113. The molecule has 3 rings (SSSR count). The zero-order valence-corrected chi connectivity index (χ0v) is 20.8. The first-order chi connectivity index (χ1) is 16.3. The van der Waals surface area contributed by atoms with Crippen LogP contribution in [0.4, 0.5) is 4.79 Å². The molecule has 0 spiro atoms. The van der Waals surface area contributed by atoms with E-state index in [1.807, 2.05) is 30.5 Å². The molecule has 1 atom stereocenters. The number of thioether (sulfide) groups is 1. The fraction of sp³-hybridized carbons (Fsp3) is 0.346. The SMILES string of the molecule is CSc1ncc(CO)c(C(NC/C=C/COC(=O)OC(C)(C)C)c2cccc3ccccc23)n1. The Morgan fingerprint density at radius 2 is 1.94 bits per heavy atom. The van der Waals surface area contributed by atoms with Gasteiger partial charge in [0.2, 0.25) is 0 Å². The molecule has 34 heavy (non-hydrogen) atoms. The van der Waals surface area contributed by atoms with E-state index in [-0.39, 0.29) is 19.3 Å². The fourth-order valence-electron chi connectivity index (χ4n) is 3.46. The Labute approximate surface area is 204 Å². The topological polar surface area (TPSA) is 93.6 Å². The van der Waals surface area contributed by atoms with E-state index in [1.54, 1.807) is 33.0 Å². The van der Waals surface area contributed by atoms with E-state index in [2.05, 4.69) is 34.6 Å². The van der Waals surface area contributed by atoms with Gasteiger partial charge in [0.1, 0.15) is 12.2 Å². The van der Waals surface area contributed by atoms with E-state index in [1.165, 1.54) is 11.8 Å². The Balaban J connectivity index is 1.82. The predicted octanol–water partition coefficient (Wildman–Crippen LogP) is 5.03. The van der Waals surface area contributed by atoms with Gasteiger partial charge in [-0.1, -0.05) is 60.3 Å². The van der Waals surface area contributed by atoms with Crippen molar-refractivity contribution in [3.8, 4) is 0 Å².